The fourth-order valence-electron chi connectivity index (χ4n) is 1.09. The van der Waals surface area contributed by atoms with E-state index in [0.29, 0.717) is 6.04 Å². The Bertz CT molecular complexity index is 236. The molecule has 0 radical (unpaired) electrons. The van der Waals surface area contributed by atoms with Crippen LogP contribution < -0.4 is 5.73 Å². The van der Waals surface area contributed by atoms with Gasteiger partial charge >= 0.3 is 0 Å². The van der Waals surface area contributed by atoms with Gasteiger partial charge in [0.05, 0.1) is 0 Å². The molecule has 1 unspecified atom stereocenters. The summed E-state index contributed by atoms with van der Waals surface area (Å²) in [5.41, 5.74) is 6.84. The van der Waals surface area contributed by atoms with Crippen LogP contribution in [0.5, 0.6) is 0 Å². The van der Waals surface area contributed by atoms with Crippen LogP contribution >= 0.6 is 11.8 Å². The lowest BCUT2D eigenvalue weighted by molar-refractivity contribution is 0.721. The number of nitrogens with two attached hydrogens (primary N) is 1. The third-order valence-electron chi connectivity index (χ3n) is 1.95. The molecule has 0 aliphatic heterocycles. The smallest absolute Gasteiger partial charge is 0.0411 e. The van der Waals surface area contributed by atoms with Crippen molar-refractivity contribution in [3.63, 3.8) is 0 Å². The number of aryl methyl sites for hydroxylation is 1. The molecule has 2 N–H and O–H groups in total. The highest BCUT2D eigenvalue weighted by Crippen LogP contribution is 2.07. The van der Waals surface area contributed by atoms with Crippen LogP contribution in [-0.4, -0.2) is 22.5 Å². The van der Waals surface area contributed by atoms with E-state index in [4.69, 9.17) is 5.73 Å². The van der Waals surface area contributed by atoms with Crippen LogP contribution in [0.2, 0.25) is 0 Å². The first-order valence-corrected chi connectivity index (χ1v) is 6.18. The maximum Gasteiger partial charge on any atom is 0.0411 e. The molecule has 0 aliphatic rings. The van der Waals surface area contributed by atoms with Gasteiger partial charge in [-0.3, -0.25) is 4.98 Å². The first-order valence-electron chi connectivity index (χ1n) is 5.02. The topological polar surface area (TPSA) is 38.9 Å². The minimum absolute atomic E-state index is 0.331. The van der Waals surface area contributed by atoms with Gasteiger partial charge in [0.1, 0.15) is 0 Å². The maximum atomic E-state index is 5.66. The summed E-state index contributed by atoms with van der Waals surface area (Å²) in [7, 11) is 0. The number of hydrogen-bond donors (Lipinski definition) is 1. The van der Waals surface area contributed by atoms with Gasteiger partial charge in [0, 0.05) is 17.9 Å². The van der Waals surface area contributed by atoms with E-state index in [0.717, 1.165) is 24.3 Å². The Hall–Kier alpha value is -0.540. The van der Waals surface area contributed by atoms with Crippen LogP contribution in [0.25, 0.3) is 0 Å². The standard InChI is InChI=1S/C11H18N2S/c1-10(12)5-8-14-9-6-11-4-2-3-7-13-11/h2-4,7,10H,5-6,8-9,12H2,1H3. The van der Waals surface area contributed by atoms with Gasteiger partial charge in [-0.05, 0) is 43.4 Å². The van der Waals surface area contributed by atoms with Crippen molar-refractivity contribution >= 4 is 11.8 Å². The number of nitrogens with zero attached hydrogens (tertiary/aromatic N) is 1. The van der Waals surface area contributed by atoms with Crippen molar-refractivity contribution in [3.05, 3.63) is 30.1 Å². The van der Waals surface area contributed by atoms with Gasteiger partial charge in [-0.25, -0.2) is 0 Å². The lowest BCUT2D eigenvalue weighted by atomic mass is 10.3. The molecule has 0 aromatic carbocycles. The minimum Gasteiger partial charge on any atom is -0.328 e. The normalized spacial score (nSPS) is 12.7. The Balaban J connectivity index is 2.05. The summed E-state index contributed by atoms with van der Waals surface area (Å²) in [6, 6.07) is 6.39. The Kier molecular flexibility index (Phi) is 5.64. The van der Waals surface area contributed by atoms with E-state index in [9.17, 15) is 0 Å². The fraction of sp³-hybridized carbons (Fsp3) is 0.545. The van der Waals surface area contributed by atoms with Crippen LogP contribution in [0.4, 0.5) is 0 Å². The van der Waals surface area contributed by atoms with Crippen LogP contribution in [0, 0.1) is 0 Å². The molecular formula is C11H18N2S. The zero-order valence-electron chi connectivity index (χ0n) is 8.65. The van der Waals surface area contributed by atoms with Gasteiger partial charge < -0.3 is 5.73 Å². The second kappa shape index (κ2) is 6.85. The van der Waals surface area contributed by atoms with Crippen molar-refractivity contribution in [2.45, 2.75) is 25.8 Å². The van der Waals surface area contributed by atoms with E-state index in [1.807, 2.05) is 30.1 Å². The molecule has 2 nitrogen and oxygen atoms in total. The summed E-state index contributed by atoms with van der Waals surface area (Å²) in [5.74, 6) is 2.30. The average molecular weight is 210 g/mol. The zero-order valence-corrected chi connectivity index (χ0v) is 9.46. The molecule has 0 saturated heterocycles. The minimum atomic E-state index is 0.331. The van der Waals surface area contributed by atoms with Gasteiger partial charge in [-0.2, -0.15) is 11.8 Å². The summed E-state index contributed by atoms with van der Waals surface area (Å²) < 4.78 is 0. The van der Waals surface area contributed by atoms with Crippen molar-refractivity contribution < 1.29 is 0 Å². The van der Waals surface area contributed by atoms with E-state index < -0.39 is 0 Å². The van der Waals surface area contributed by atoms with Crippen molar-refractivity contribution in [2.24, 2.45) is 5.73 Å². The number of pyridine rings is 1. The zero-order chi connectivity index (χ0) is 10.2. The van der Waals surface area contributed by atoms with Crippen molar-refractivity contribution in [1.82, 2.24) is 4.98 Å². The summed E-state index contributed by atoms with van der Waals surface area (Å²) in [6.07, 6.45) is 4.01. The van der Waals surface area contributed by atoms with E-state index >= 15 is 0 Å². The van der Waals surface area contributed by atoms with E-state index in [1.54, 1.807) is 0 Å². The monoisotopic (exact) mass is 210 g/mol. The molecule has 0 aliphatic carbocycles. The lowest BCUT2D eigenvalue weighted by Gasteiger charge is -2.04. The highest BCUT2D eigenvalue weighted by molar-refractivity contribution is 7.99. The molecule has 14 heavy (non-hydrogen) atoms. The van der Waals surface area contributed by atoms with Crippen LogP contribution in [0.1, 0.15) is 19.0 Å². The lowest BCUT2D eigenvalue weighted by Crippen LogP contribution is -2.15. The Morgan fingerprint density at radius 3 is 2.93 bits per heavy atom. The van der Waals surface area contributed by atoms with E-state index in [-0.39, 0.29) is 0 Å². The Morgan fingerprint density at radius 1 is 1.43 bits per heavy atom. The Labute approximate surface area is 90.3 Å². The van der Waals surface area contributed by atoms with Crippen molar-refractivity contribution in [1.29, 1.82) is 0 Å². The third-order valence-corrected chi connectivity index (χ3v) is 2.96. The number of rotatable bonds is 6. The van der Waals surface area contributed by atoms with E-state index in [2.05, 4.69) is 18.0 Å². The third kappa shape index (κ3) is 5.25. The molecule has 3 heteroatoms. The molecule has 1 heterocycles. The maximum absolute atomic E-state index is 5.66. The van der Waals surface area contributed by atoms with Crippen LogP contribution in [0.15, 0.2) is 24.4 Å². The molecule has 0 amide bonds. The molecule has 78 valence electrons. The highest BCUT2D eigenvalue weighted by atomic mass is 32.2. The fourth-order valence-corrected chi connectivity index (χ4v) is 2.19. The average Bonchev–Trinajstić information content (AvgIpc) is 2.18. The Morgan fingerprint density at radius 2 is 2.29 bits per heavy atom. The van der Waals surface area contributed by atoms with Crippen molar-refractivity contribution in [3.8, 4) is 0 Å². The molecule has 0 saturated carbocycles. The first kappa shape index (κ1) is 11.5. The van der Waals surface area contributed by atoms with Crippen LogP contribution in [-0.2, 0) is 6.42 Å². The molecule has 1 rings (SSSR count). The predicted octanol–water partition coefficient (Wildman–Crippen LogP) is 2.09. The second-order valence-electron chi connectivity index (χ2n) is 3.45. The quantitative estimate of drug-likeness (QED) is 0.731. The summed E-state index contributed by atoms with van der Waals surface area (Å²) >= 11 is 1.96. The van der Waals surface area contributed by atoms with Crippen LogP contribution in [0.3, 0.4) is 0 Å². The van der Waals surface area contributed by atoms with Gasteiger partial charge in [0.2, 0.25) is 0 Å². The molecule has 0 spiro atoms. The van der Waals surface area contributed by atoms with E-state index in [1.165, 1.54) is 5.69 Å². The largest absolute Gasteiger partial charge is 0.328 e. The summed E-state index contributed by atoms with van der Waals surface area (Å²) in [5, 5.41) is 0. The molecule has 1 aromatic heterocycles. The number of hydrogen-bond acceptors (Lipinski definition) is 3. The summed E-state index contributed by atoms with van der Waals surface area (Å²) in [4.78, 5) is 4.27. The molecule has 1 atom stereocenters. The van der Waals surface area contributed by atoms with Gasteiger partial charge in [0.25, 0.3) is 0 Å². The molecule has 1 aromatic rings. The highest BCUT2D eigenvalue weighted by Gasteiger charge is 1.96. The van der Waals surface area contributed by atoms with Gasteiger partial charge in [-0.1, -0.05) is 6.07 Å². The molecule has 0 bridgehead atoms. The SMILES string of the molecule is CC(N)CCSCCc1ccccn1. The molecular weight excluding hydrogens is 192 g/mol. The predicted molar refractivity (Wildman–Crippen MR) is 63.5 cm³/mol. The van der Waals surface area contributed by atoms with Gasteiger partial charge in [0.15, 0.2) is 0 Å². The summed E-state index contributed by atoms with van der Waals surface area (Å²) in [6.45, 7) is 2.05. The number of thioether (sulfide) groups is 1. The first-order chi connectivity index (χ1) is 6.79. The number of aromatic nitrogens is 1. The van der Waals surface area contributed by atoms with Gasteiger partial charge in [-0.15, -0.1) is 0 Å². The molecule has 0 fully saturated rings. The van der Waals surface area contributed by atoms with Crippen molar-refractivity contribution in [2.75, 3.05) is 11.5 Å². The second-order valence-corrected chi connectivity index (χ2v) is 4.67.